The lowest BCUT2D eigenvalue weighted by Crippen LogP contribution is -2.33. The fraction of sp³-hybridized carbons (Fsp3) is 0.409. The smallest absolute Gasteiger partial charge is 0.232 e. The molecule has 29 heavy (non-hydrogen) atoms. The quantitative estimate of drug-likeness (QED) is 0.715. The summed E-state index contributed by atoms with van der Waals surface area (Å²) in [5.41, 5.74) is 3.03. The van der Waals surface area contributed by atoms with E-state index in [-0.39, 0.29) is 24.9 Å². The molecule has 7 heteroatoms. The van der Waals surface area contributed by atoms with Gasteiger partial charge in [-0.15, -0.1) is 0 Å². The van der Waals surface area contributed by atoms with Crippen LogP contribution in [0.4, 0.5) is 5.69 Å². The summed E-state index contributed by atoms with van der Waals surface area (Å²) in [7, 11) is -1.92. The second kappa shape index (κ2) is 9.31. The van der Waals surface area contributed by atoms with Crippen molar-refractivity contribution in [3.63, 3.8) is 0 Å². The topological polar surface area (TPSA) is 75.7 Å². The summed E-state index contributed by atoms with van der Waals surface area (Å²) in [5, 5.41) is 3.12. The molecule has 0 fully saturated rings. The Labute approximate surface area is 172 Å². The largest absolute Gasteiger partial charge is 0.497 e. The molecule has 1 amide bonds. The van der Waals surface area contributed by atoms with Gasteiger partial charge in [0.05, 0.1) is 25.1 Å². The van der Waals surface area contributed by atoms with Crippen LogP contribution in [0.15, 0.2) is 48.5 Å². The first-order valence-corrected chi connectivity index (χ1v) is 11.7. The molecule has 0 heterocycles. The van der Waals surface area contributed by atoms with Gasteiger partial charge in [-0.2, -0.15) is 0 Å². The van der Waals surface area contributed by atoms with Crippen LogP contribution in [0.5, 0.6) is 5.75 Å². The molecule has 0 saturated heterocycles. The maximum absolute atomic E-state index is 12.5. The van der Waals surface area contributed by atoms with Gasteiger partial charge in [-0.1, -0.05) is 30.3 Å². The van der Waals surface area contributed by atoms with Crippen molar-refractivity contribution in [2.45, 2.75) is 38.1 Å². The van der Waals surface area contributed by atoms with Crippen LogP contribution in [0.25, 0.3) is 0 Å². The van der Waals surface area contributed by atoms with E-state index in [9.17, 15) is 13.2 Å². The number of ether oxygens (including phenoxy) is 1. The van der Waals surface area contributed by atoms with Gasteiger partial charge in [0.1, 0.15) is 5.75 Å². The van der Waals surface area contributed by atoms with E-state index < -0.39 is 10.0 Å². The first-order chi connectivity index (χ1) is 13.9. The number of fused-ring (bicyclic) bond motifs is 1. The summed E-state index contributed by atoms with van der Waals surface area (Å²) < 4.78 is 31.0. The Morgan fingerprint density at radius 2 is 2.00 bits per heavy atom. The number of methoxy groups -OCH3 is 1. The van der Waals surface area contributed by atoms with Crippen LogP contribution in [0, 0.1) is 0 Å². The highest BCUT2D eigenvalue weighted by Crippen LogP contribution is 2.29. The van der Waals surface area contributed by atoms with Crippen LogP contribution in [0.2, 0.25) is 0 Å². The van der Waals surface area contributed by atoms with Crippen molar-refractivity contribution in [1.82, 2.24) is 5.32 Å². The average Bonchev–Trinajstić information content (AvgIpc) is 2.70. The maximum atomic E-state index is 12.5. The molecule has 0 spiro atoms. The predicted molar refractivity (Wildman–Crippen MR) is 115 cm³/mol. The van der Waals surface area contributed by atoms with Crippen molar-refractivity contribution in [2.24, 2.45) is 0 Å². The molecular weight excluding hydrogens is 388 g/mol. The van der Waals surface area contributed by atoms with Crippen molar-refractivity contribution in [3.05, 3.63) is 59.7 Å². The molecule has 2 aromatic rings. The molecule has 0 bridgehead atoms. The molecule has 2 aromatic carbocycles. The highest BCUT2D eigenvalue weighted by molar-refractivity contribution is 7.92. The van der Waals surface area contributed by atoms with E-state index in [0.29, 0.717) is 17.9 Å². The van der Waals surface area contributed by atoms with Gasteiger partial charge in [0.15, 0.2) is 0 Å². The normalized spacial score (nSPS) is 16.0. The van der Waals surface area contributed by atoms with E-state index in [1.54, 1.807) is 24.3 Å². The van der Waals surface area contributed by atoms with E-state index in [0.717, 1.165) is 19.3 Å². The van der Waals surface area contributed by atoms with Crippen LogP contribution in [-0.4, -0.2) is 34.2 Å². The first kappa shape index (κ1) is 21.2. The van der Waals surface area contributed by atoms with Crippen molar-refractivity contribution >= 4 is 21.6 Å². The SMILES string of the molecule is COc1cccc(N(CCCC(=O)NC2CCCc3ccccc32)S(C)(=O)=O)c1. The Hall–Kier alpha value is -2.54. The summed E-state index contributed by atoms with van der Waals surface area (Å²) in [6.07, 6.45) is 4.92. The molecule has 0 radical (unpaired) electrons. The molecule has 0 aromatic heterocycles. The summed E-state index contributed by atoms with van der Waals surface area (Å²) >= 11 is 0. The fourth-order valence-corrected chi connectivity index (χ4v) is 4.76. The van der Waals surface area contributed by atoms with E-state index in [4.69, 9.17) is 4.74 Å². The fourth-order valence-electron chi connectivity index (χ4n) is 3.81. The Kier molecular flexibility index (Phi) is 6.79. The predicted octanol–water partition coefficient (Wildman–Crippen LogP) is 3.44. The number of carbonyl (C=O) groups excluding carboxylic acids is 1. The van der Waals surface area contributed by atoms with Crippen molar-refractivity contribution in [3.8, 4) is 5.75 Å². The Morgan fingerprint density at radius 1 is 1.21 bits per heavy atom. The van der Waals surface area contributed by atoms with Crippen molar-refractivity contribution in [2.75, 3.05) is 24.2 Å². The van der Waals surface area contributed by atoms with E-state index in [1.807, 2.05) is 12.1 Å². The molecule has 3 rings (SSSR count). The number of sulfonamides is 1. The lowest BCUT2D eigenvalue weighted by molar-refractivity contribution is -0.122. The molecule has 0 aliphatic heterocycles. The second-order valence-electron chi connectivity index (χ2n) is 7.35. The van der Waals surface area contributed by atoms with Gasteiger partial charge in [-0.3, -0.25) is 9.10 Å². The van der Waals surface area contributed by atoms with Gasteiger partial charge in [0.2, 0.25) is 15.9 Å². The van der Waals surface area contributed by atoms with Gasteiger partial charge in [0.25, 0.3) is 0 Å². The van der Waals surface area contributed by atoms with Crippen LogP contribution in [0.1, 0.15) is 42.9 Å². The molecule has 0 saturated carbocycles. The minimum atomic E-state index is -3.46. The van der Waals surface area contributed by atoms with Crippen molar-refractivity contribution in [1.29, 1.82) is 0 Å². The number of anilines is 1. The third-order valence-electron chi connectivity index (χ3n) is 5.21. The molecule has 1 unspecified atom stereocenters. The minimum absolute atomic E-state index is 0.0387. The molecule has 1 aliphatic rings. The monoisotopic (exact) mass is 416 g/mol. The number of rotatable bonds is 8. The van der Waals surface area contributed by atoms with Crippen molar-refractivity contribution < 1.29 is 17.9 Å². The lowest BCUT2D eigenvalue weighted by Gasteiger charge is -2.26. The van der Waals surface area contributed by atoms with E-state index in [2.05, 4.69) is 17.4 Å². The van der Waals surface area contributed by atoms with Gasteiger partial charge in [-0.25, -0.2) is 8.42 Å². The van der Waals surface area contributed by atoms with Gasteiger partial charge < -0.3 is 10.1 Å². The summed E-state index contributed by atoms with van der Waals surface area (Å²) in [6, 6.07) is 15.2. The summed E-state index contributed by atoms with van der Waals surface area (Å²) in [6.45, 7) is 0.237. The number of aryl methyl sites for hydroxylation is 1. The van der Waals surface area contributed by atoms with Gasteiger partial charge >= 0.3 is 0 Å². The highest BCUT2D eigenvalue weighted by Gasteiger charge is 2.22. The van der Waals surface area contributed by atoms with Crippen LogP contribution in [0.3, 0.4) is 0 Å². The zero-order valence-electron chi connectivity index (χ0n) is 16.9. The number of nitrogens with one attached hydrogen (secondary N) is 1. The Morgan fingerprint density at radius 3 is 2.76 bits per heavy atom. The Bertz CT molecular complexity index is 959. The summed E-state index contributed by atoms with van der Waals surface area (Å²) in [4.78, 5) is 12.5. The van der Waals surface area contributed by atoms with E-state index in [1.165, 1.54) is 28.8 Å². The number of amides is 1. The Balaban J connectivity index is 1.59. The zero-order valence-corrected chi connectivity index (χ0v) is 17.7. The highest BCUT2D eigenvalue weighted by atomic mass is 32.2. The molecular formula is C22H28N2O4S. The van der Waals surface area contributed by atoms with Crippen LogP contribution >= 0.6 is 0 Å². The lowest BCUT2D eigenvalue weighted by atomic mass is 9.87. The maximum Gasteiger partial charge on any atom is 0.232 e. The van der Waals surface area contributed by atoms with E-state index >= 15 is 0 Å². The second-order valence-corrected chi connectivity index (χ2v) is 9.26. The van der Waals surface area contributed by atoms with Gasteiger partial charge in [-0.05, 0) is 48.9 Å². The number of nitrogens with zero attached hydrogens (tertiary/aromatic N) is 1. The average molecular weight is 417 g/mol. The third-order valence-corrected chi connectivity index (χ3v) is 6.41. The zero-order chi connectivity index (χ0) is 20.9. The third kappa shape index (κ3) is 5.50. The summed E-state index contributed by atoms with van der Waals surface area (Å²) in [5.74, 6) is 0.538. The van der Waals surface area contributed by atoms with Gasteiger partial charge in [0, 0.05) is 19.0 Å². The number of hydrogen-bond acceptors (Lipinski definition) is 4. The number of carbonyl (C=O) groups is 1. The standard InChI is InChI=1S/C22H28N2O4S/c1-28-19-11-6-10-18(16-19)24(29(2,26)27)15-7-14-22(25)23-21-13-5-9-17-8-3-4-12-20(17)21/h3-4,6,8,10-12,16,21H,5,7,9,13-15H2,1-2H3,(H,23,25). The van der Waals surface area contributed by atoms with Crippen LogP contribution in [-0.2, 0) is 21.2 Å². The number of benzene rings is 2. The minimum Gasteiger partial charge on any atom is -0.497 e. The first-order valence-electron chi connectivity index (χ1n) is 9.87. The molecule has 156 valence electrons. The molecule has 1 N–H and O–H groups in total. The molecule has 6 nitrogen and oxygen atoms in total. The van der Waals surface area contributed by atoms with Crippen LogP contribution < -0.4 is 14.4 Å². The molecule has 1 aliphatic carbocycles. The number of hydrogen-bond donors (Lipinski definition) is 1. The molecule has 1 atom stereocenters.